The van der Waals surface area contributed by atoms with Crippen molar-refractivity contribution in [2.45, 2.75) is 38.1 Å². The van der Waals surface area contributed by atoms with E-state index >= 15 is 0 Å². The van der Waals surface area contributed by atoms with Gasteiger partial charge in [0, 0.05) is 19.0 Å². The zero-order chi connectivity index (χ0) is 13.0. The van der Waals surface area contributed by atoms with Crippen molar-refractivity contribution < 1.29 is 14.7 Å². The van der Waals surface area contributed by atoms with Crippen molar-refractivity contribution in [1.82, 2.24) is 13.6 Å². The van der Waals surface area contributed by atoms with Crippen LogP contribution in [0.2, 0.25) is 0 Å². The Labute approximate surface area is 109 Å². The lowest BCUT2D eigenvalue weighted by Gasteiger charge is -2.35. The molecule has 1 N–H and O–H groups in total. The summed E-state index contributed by atoms with van der Waals surface area (Å²) in [5, 5.41) is 8.73. The van der Waals surface area contributed by atoms with Crippen molar-refractivity contribution in [3.8, 4) is 0 Å². The van der Waals surface area contributed by atoms with Gasteiger partial charge in [-0.1, -0.05) is 0 Å². The second kappa shape index (κ2) is 5.90. The summed E-state index contributed by atoms with van der Waals surface area (Å²) >= 11 is 1.01. The number of hydrogen-bond donors (Lipinski definition) is 1. The molecule has 0 saturated carbocycles. The molecule has 1 saturated heterocycles. The molecule has 98 valence electrons. The first-order valence-corrected chi connectivity index (χ1v) is 6.72. The van der Waals surface area contributed by atoms with Gasteiger partial charge in [-0.25, -0.2) is 0 Å². The predicted octanol–water partition coefficient (Wildman–Crippen LogP) is 1.40. The van der Waals surface area contributed by atoms with Gasteiger partial charge < -0.3 is 10.0 Å². The fraction of sp³-hybridized carbons (Fsp3) is 0.636. The number of likely N-dealkylation sites (tertiary alicyclic amines) is 1. The first-order chi connectivity index (χ1) is 8.68. The van der Waals surface area contributed by atoms with E-state index in [1.54, 1.807) is 4.90 Å². The van der Waals surface area contributed by atoms with Crippen molar-refractivity contribution >= 4 is 23.6 Å². The van der Waals surface area contributed by atoms with E-state index in [0.29, 0.717) is 18.7 Å². The molecule has 2 heterocycles. The van der Waals surface area contributed by atoms with Crippen LogP contribution < -0.4 is 0 Å². The number of carbonyl (C=O) groups excluding carboxylic acids is 1. The van der Waals surface area contributed by atoms with Crippen LogP contribution in [0.3, 0.4) is 0 Å². The molecule has 0 radical (unpaired) electrons. The number of hydrogen-bond acceptors (Lipinski definition) is 5. The molecular formula is C11H15N3O3S. The molecule has 0 aliphatic carbocycles. The third kappa shape index (κ3) is 3.04. The standard InChI is InChI=1S/C11H15N3O3S/c15-10(16)5-4-8-3-1-2-6-14(8)11(17)9-7-12-18-13-9/h7-8H,1-6H2,(H,15,16)/t8-/m1/s1. The Morgan fingerprint density at radius 3 is 3.00 bits per heavy atom. The van der Waals surface area contributed by atoms with E-state index in [2.05, 4.69) is 8.75 Å². The van der Waals surface area contributed by atoms with Crippen LogP contribution in [0.15, 0.2) is 6.20 Å². The highest BCUT2D eigenvalue weighted by molar-refractivity contribution is 6.99. The van der Waals surface area contributed by atoms with Gasteiger partial charge >= 0.3 is 5.97 Å². The number of rotatable bonds is 4. The minimum absolute atomic E-state index is 0.0176. The SMILES string of the molecule is O=C(O)CC[C@H]1CCCCN1C(=O)c1cnsn1. The Morgan fingerprint density at radius 1 is 1.50 bits per heavy atom. The Bertz CT molecular complexity index is 421. The largest absolute Gasteiger partial charge is 0.481 e. The summed E-state index contributed by atoms with van der Waals surface area (Å²) in [4.78, 5) is 24.6. The molecule has 1 aromatic heterocycles. The minimum Gasteiger partial charge on any atom is -0.481 e. The van der Waals surface area contributed by atoms with Crippen LogP contribution in [0.1, 0.15) is 42.6 Å². The van der Waals surface area contributed by atoms with Crippen molar-refractivity contribution in [3.63, 3.8) is 0 Å². The molecule has 0 bridgehead atoms. The van der Waals surface area contributed by atoms with E-state index in [1.807, 2.05) is 0 Å². The van der Waals surface area contributed by atoms with E-state index in [-0.39, 0.29) is 18.4 Å². The molecule has 2 rings (SSSR count). The molecular weight excluding hydrogens is 254 g/mol. The average molecular weight is 269 g/mol. The zero-order valence-electron chi connectivity index (χ0n) is 9.91. The van der Waals surface area contributed by atoms with E-state index < -0.39 is 5.97 Å². The van der Waals surface area contributed by atoms with Crippen LogP contribution in [0.5, 0.6) is 0 Å². The summed E-state index contributed by atoms with van der Waals surface area (Å²) < 4.78 is 7.77. The monoisotopic (exact) mass is 269 g/mol. The van der Waals surface area contributed by atoms with Crippen molar-refractivity contribution in [1.29, 1.82) is 0 Å². The maximum absolute atomic E-state index is 12.2. The summed E-state index contributed by atoms with van der Waals surface area (Å²) in [6.45, 7) is 0.681. The van der Waals surface area contributed by atoms with Gasteiger partial charge in [0.05, 0.1) is 17.9 Å². The maximum Gasteiger partial charge on any atom is 0.303 e. The lowest BCUT2D eigenvalue weighted by molar-refractivity contribution is -0.137. The van der Waals surface area contributed by atoms with Gasteiger partial charge in [0.25, 0.3) is 5.91 Å². The molecule has 1 fully saturated rings. The third-order valence-corrected chi connectivity index (χ3v) is 3.64. The number of carbonyl (C=O) groups is 2. The van der Waals surface area contributed by atoms with Gasteiger partial charge in [-0.15, -0.1) is 0 Å². The highest BCUT2D eigenvalue weighted by Gasteiger charge is 2.28. The molecule has 0 spiro atoms. The average Bonchev–Trinajstić information content (AvgIpc) is 2.89. The van der Waals surface area contributed by atoms with Gasteiger partial charge in [0.15, 0.2) is 5.69 Å². The predicted molar refractivity (Wildman–Crippen MR) is 65.5 cm³/mol. The summed E-state index contributed by atoms with van der Waals surface area (Å²) in [6.07, 6.45) is 4.96. The van der Waals surface area contributed by atoms with Gasteiger partial charge in [-0.05, 0) is 25.7 Å². The van der Waals surface area contributed by atoms with Crippen LogP contribution in [0, 0.1) is 0 Å². The second-order valence-electron chi connectivity index (χ2n) is 4.37. The fourth-order valence-electron chi connectivity index (χ4n) is 2.26. The fourth-order valence-corrected chi connectivity index (χ4v) is 2.67. The minimum atomic E-state index is -0.816. The molecule has 6 nitrogen and oxygen atoms in total. The quantitative estimate of drug-likeness (QED) is 0.893. The second-order valence-corrected chi connectivity index (χ2v) is 4.93. The van der Waals surface area contributed by atoms with Crippen LogP contribution in [0.4, 0.5) is 0 Å². The summed E-state index contributed by atoms with van der Waals surface area (Å²) in [7, 11) is 0. The topological polar surface area (TPSA) is 83.4 Å². The zero-order valence-corrected chi connectivity index (χ0v) is 10.7. The van der Waals surface area contributed by atoms with Crippen molar-refractivity contribution in [2.24, 2.45) is 0 Å². The van der Waals surface area contributed by atoms with Crippen LogP contribution >= 0.6 is 11.7 Å². The molecule has 1 amide bonds. The Hall–Kier alpha value is -1.50. The highest BCUT2D eigenvalue weighted by atomic mass is 32.1. The summed E-state index contributed by atoms with van der Waals surface area (Å²) in [6, 6.07) is 0.0176. The molecule has 1 atom stereocenters. The third-order valence-electron chi connectivity index (χ3n) is 3.16. The van der Waals surface area contributed by atoms with Gasteiger partial charge in [-0.2, -0.15) is 8.75 Å². The van der Waals surface area contributed by atoms with E-state index in [4.69, 9.17) is 5.11 Å². The Kier molecular flexibility index (Phi) is 4.24. The first kappa shape index (κ1) is 12.9. The van der Waals surface area contributed by atoms with Gasteiger partial charge in [0.1, 0.15) is 0 Å². The normalized spacial score (nSPS) is 19.8. The molecule has 7 heteroatoms. The lowest BCUT2D eigenvalue weighted by atomic mass is 9.97. The molecule has 0 aromatic carbocycles. The lowest BCUT2D eigenvalue weighted by Crippen LogP contribution is -2.44. The summed E-state index contributed by atoms with van der Waals surface area (Å²) in [5.74, 6) is -0.942. The number of aliphatic carboxylic acids is 1. The van der Waals surface area contributed by atoms with Crippen molar-refractivity contribution in [3.05, 3.63) is 11.9 Å². The van der Waals surface area contributed by atoms with Gasteiger partial charge in [0.2, 0.25) is 0 Å². The number of nitrogens with zero attached hydrogens (tertiary/aromatic N) is 3. The number of piperidine rings is 1. The Morgan fingerprint density at radius 2 is 2.33 bits per heavy atom. The van der Waals surface area contributed by atoms with E-state index in [1.165, 1.54) is 6.20 Å². The summed E-state index contributed by atoms with van der Waals surface area (Å²) in [5.41, 5.74) is 0.363. The number of aromatic nitrogens is 2. The molecule has 1 aliphatic rings. The molecule has 0 unspecified atom stereocenters. The Balaban J connectivity index is 2.03. The van der Waals surface area contributed by atoms with E-state index in [0.717, 1.165) is 31.0 Å². The number of carboxylic acid groups (broad SMARTS) is 1. The van der Waals surface area contributed by atoms with Gasteiger partial charge in [-0.3, -0.25) is 9.59 Å². The van der Waals surface area contributed by atoms with E-state index in [9.17, 15) is 9.59 Å². The van der Waals surface area contributed by atoms with Crippen LogP contribution in [-0.2, 0) is 4.79 Å². The number of carboxylic acids is 1. The van der Waals surface area contributed by atoms with Crippen LogP contribution in [0.25, 0.3) is 0 Å². The molecule has 18 heavy (non-hydrogen) atoms. The molecule has 1 aliphatic heterocycles. The highest BCUT2D eigenvalue weighted by Crippen LogP contribution is 2.22. The first-order valence-electron chi connectivity index (χ1n) is 5.99. The maximum atomic E-state index is 12.2. The van der Waals surface area contributed by atoms with Crippen LogP contribution in [-0.4, -0.2) is 43.2 Å². The molecule has 1 aromatic rings. The smallest absolute Gasteiger partial charge is 0.303 e. The van der Waals surface area contributed by atoms with Crippen molar-refractivity contribution in [2.75, 3.05) is 6.54 Å². The number of amides is 1.